The van der Waals surface area contributed by atoms with Gasteiger partial charge in [-0.2, -0.15) is 0 Å². The van der Waals surface area contributed by atoms with Gasteiger partial charge in [0.05, 0.1) is 12.7 Å². The highest BCUT2D eigenvalue weighted by molar-refractivity contribution is 7.18. The first kappa shape index (κ1) is 16.6. The van der Waals surface area contributed by atoms with Crippen LogP contribution < -0.4 is 10.1 Å². The SMILES string of the molecule is COc1ccc(C(=O)Nc2nnc(-c3ccc(C(=O)O)cc3)s2)cc1. The Morgan fingerprint density at radius 3 is 2.24 bits per heavy atom. The van der Waals surface area contributed by atoms with Crippen LogP contribution in [-0.2, 0) is 0 Å². The smallest absolute Gasteiger partial charge is 0.335 e. The standard InChI is InChI=1S/C17H13N3O4S/c1-24-13-8-6-10(7-9-13)14(21)18-17-20-19-15(25-17)11-2-4-12(5-3-11)16(22)23/h2-9H,1H3,(H,22,23)(H,18,20,21). The van der Waals surface area contributed by atoms with Crippen molar-refractivity contribution >= 4 is 28.3 Å². The van der Waals surface area contributed by atoms with E-state index >= 15 is 0 Å². The lowest BCUT2D eigenvalue weighted by Gasteiger charge is -2.02. The molecular weight excluding hydrogens is 342 g/mol. The molecule has 25 heavy (non-hydrogen) atoms. The van der Waals surface area contributed by atoms with Crippen LogP contribution in [0.3, 0.4) is 0 Å². The van der Waals surface area contributed by atoms with E-state index in [-0.39, 0.29) is 11.5 Å². The molecule has 0 aliphatic carbocycles. The highest BCUT2D eigenvalue weighted by atomic mass is 32.1. The number of nitrogens with zero attached hydrogens (tertiary/aromatic N) is 2. The van der Waals surface area contributed by atoms with E-state index in [2.05, 4.69) is 15.5 Å². The van der Waals surface area contributed by atoms with Gasteiger partial charge in [0.25, 0.3) is 5.91 Å². The van der Waals surface area contributed by atoms with Gasteiger partial charge in [-0.05, 0) is 36.4 Å². The van der Waals surface area contributed by atoms with E-state index in [1.165, 1.54) is 23.5 Å². The number of carboxylic acid groups (broad SMARTS) is 1. The number of carbonyl (C=O) groups excluding carboxylic acids is 1. The fourth-order valence-corrected chi connectivity index (χ4v) is 2.80. The molecule has 1 aromatic heterocycles. The molecule has 0 unspecified atom stereocenters. The number of carbonyl (C=O) groups is 2. The fraction of sp³-hybridized carbons (Fsp3) is 0.0588. The summed E-state index contributed by atoms with van der Waals surface area (Å²) in [7, 11) is 1.56. The third kappa shape index (κ3) is 3.81. The molecule has 2 aromatic carbocycles. The lowest BCUT2D eigenvalue weighted by atomic mass is 10.1. The first-order valence-electron chi connectivity index (χ1n) is 7.19. The Kier molecular flexibility index (Phi) is 4.71. The summed E-state index contributed by atoms with van der Waals surface area (Å²) in [6.45, 7) is 0. The van der Waals surface area contributed by atoms with E-state index < -0.39 is 5.97 Å². The van der Waals surface area contributed by atoms with Crippen molar-refractivity contribution in [3.8, 4) is 16.3 Å². The van der Waals surface area contributed by atoms with Crippen molar-refractivity contribution in [1.29, 1.82) is 0 Å². The quantitative estimate of drug-likeness (QED) is 0.729. The van der Waals surface area contributed by atoms with Crippen LogP contribution in [-0.4, -0.2) is 34.3 Å². The normalized spacial score (nSPS) is 10.3. The molecule has 0 aliphatic heterocycles. The highest BCUT2D eigenvalue weighted by Crippen LogP contribution is 2.27. The number of hydrogen-bond acceptors (Lipinski definition) is 6. The Morgan fingerprint density at radius 2 is 1.64 bits per heavy atom. The number of aromatic carboxylic acids is 1. The average molecular weight is 355 g/mol. The number of anilines is 1. The van der Waals surface area contributed by atoms with Gasteiger partial charge >= 0.3 is 5.97 Å². The van der Waals surface area contributed by atoms with E-state index in [0.717, 1.165) is 5.56 Å². The predicted octanol–water partition coefficient (Wildman–Crippen LogP) is 3.16. The summed E-state index contributed by atoms with van der Waals surface area (Å²) in [5, 5.41) is 20.5. The topological polar surface area (TPSA) is 101 Å². The molecule has 0 radical (unpaired) electrons. The van der Waals surface area contributed by atoms with Gasteiger partial charge in [0.1, 0.15) is 10.8 Å². The lowest BCUT2D eigenvalue weighted by Crippen LogP contribution is -2.11. The van der Waals surface area contributed by atoms with E-state index in [0.29, 0.717) is 21.5 Å². The van der Waals surface area contributed by atoms with Crippen LogP contribution in [0, 0.1) is 0 Å². The van der Waals surface area contributed by atoms with Crippen molar-refractivity contribution in [2.75, 3.05) is 12.4 Å². The summed E-state index contributed by atoms with van der Waals surface area (Å²) >= 11 is 1.20. The lowest BCUT2D eigenvalue weighted by molar-refractivity contribution is 0.0696. The zero-order valence-corrected chi connectivity index (χ0v) is 13.9. The summed E-state index contributed by atoms with van der Waals surface area (Å²) < 4.78 is 5.05. The van der Waals surface area contributed by atoms with Gasteiger partial charge in [0.15, 0.2) is 0 Å². The van der Waals surface area contributed by atoms with Gasteiger partial charge in [-0.3, -0.25) is 10.1 Å². The molecule has 0 saturated heterocycles. The van der Waals surface area contributed by atoms with Crippen LogP contribution in [0.4, 0.5) is 5.13 Å². The molecule has 3 rings (SSSR count). The maximum atomic E-state index is 12.2. The minimum Gasteiger partial charge on any atom is -0.497 e. The molecule has 7 nitrogen and oxygen atoms in total. The highest BCUT2D eigenvalue weighted by Gasteiger charge is 2.12. The number of benzene rings is 2. The molecule has 0 bridgehead atoms. The first-order valence-corrected chi connectivity index (χ1v) is 8.01. The Balaban J connectivity index is 1.72. The summed E-state index contributed by atoms with van der Waals surface area (Å²) in [6.07, 6.45) is 0. The number of ether oxygens (including phenoxy) is 1. The van der Waals surface area contributed by atoms with Crippen LogP contribution in [0.25, 0.3) is 10.6 Å². The third-order valence-electron chi connectivity index (χ3n) is 3.38. The second-order valence-electron chi connectivity index (χ2n) is 4.98. The summed E-state index contributed by atoms with van der Waals surface area (Å²) in [4.78, 5) is 23.1. The first-order chi connectivity index (χ1) is 12.1. The van der Waals surface area contributed by atoms with Crippen molar-refractivity contribution in [3.05, 3.63) is 59.7 Å². The average Bonchev–Trinajstić information content (AvgIpc) is 3.10. The van der Waals surface area contributed by atoms with Crippen molar-refractivity contribution in [2.24, 2.45) is 0 Å². The predicted molar refractivity (Wildman–Crippen MR) is 93.3 cm³/mol. The number of methoxy groups -OCH3 is 1. The van der Waals surface area contributed by atoms with Gasteiger partial charge in [-0.1, -0.05) is 23.5 Å². The van der Waals surface area contributed by atoms with Gasteiger partial charge in [-0.25, -0.2) is 4.79 Å². The number of hydrogen-bond donors (Lipinski definition) is 2. The molecule has 0 atom stereocenters. The van der Waals surface area contributed by atoms with Crippen molar-refractivity contribution in [3.63, 3.8) is 0 Å². The van der Waals surface area contributed by atoms with Crippen LogP contribution in [0.15, 0.2) is 48.5 Å². The zero-order valence-electron chi connectivity index (χ0n) is 13.1. The van der Waals surface area contributed by atoms with E-state index in [4.69, 9.17) is 9.84 Å². The molecule has 126 valence electrons. The number of rotatable bonds is 5. The van der Waals surface area contributed by atoms with Crippen molar-refractivity contribution in [1.82, 2.24) is 10.2 Å². The Hall–Kier alpha value is -3.26. The second kappa shape index (κ2) is 7.10. The van der Waals surface area contributed by atoms with Gasteiger partial charge < -0.3 is 9.84 Å². The molecular formula is C17H13N3O4S. The molecule has 0 fully saturated rings. The molecule has 1 amide bonds. The molecule has 0 saturated carbocycles. The van der Waals surface area contributed by atoms with Crippen LogP contribution in [0.1, 0.15) is 20.7 Å². The second-order valence-corrected chi connectivity index (χ2v) is 5.96. The van der Waals surface area contributed by atoms with E-state index in [1.807, 2.05) is 0 Å². The van der Waals surface area contributed by atoms with E-state index in [9.17, 15) is 9.59 Å². The molecule has 8 heteroatoms. The number of aromatic nitrogens is 2. The Morgan fingerprint density at radius 1 is 1.00 bits per heavy atom. The molecule has 3 aromatic rings. The van der Waals surface area contributed by atoms with Gasteiger partial charge in [0, 0.05) is 11.1 Å². The molecule has 1 heterocycles. The van der Waals surface area contributed by atoms with Gasteiger partial charge in [-0.15, -0.1) is 10.2 Å². The van der Waals surface area contributed by atoms with Crippen LogP contribution in [0.2, 0.25) is 0 Å². The van der Waals surface area contributed by atoms with Crippen LogP contribution >= 0.6 is 11.3 Å². The summed E-state index contributed by atoms with van der Waals surface area (Å²) in [5.41, 5.74) is 1.40. The number of nitrogens with one attached hydrogen (secondary N) is 1. The molecule has 0 spiro atoms. The molecule has 2 N–H and O–H groups in total. The minimum atomic E-state index is -0.990. The molecule has 0 aliphatic rings. The van der Waals surface area contributed by atoms with Crippen molar-refractivity contribution < 1.29 is 19.4 Å². The van der Waals surface area contributed by atoms with Crippen molar-refractivity contribution in [2.45, 2.75) is 0 Å². The largest absolute Gasteiger partial charge is 0.497 e. The fourth-order valence-electron chi connectivity index (χ4n) is 2.06. The monoisotopic (exact) mass is 355 g/mol. The summed E-state index contributed by atoms with van der Waals surface area (Å²) in [6, 6.07) is 13.0. The van der Waals surface area contributed by atoms with Crippen LogP contribution in [0.5, 0.6) is 5.75 Å². The zero-order chi connectivity index (χ0) is 17.8. The summed E-state index contributed by atoms with van der Waals surface area (Å²) in [5.74, 6) is -0.623. The minimum absolute atomic E-state index is 0.196. The Bertz CT molecular complexity index is 904. The maximum Gasteiger partial charge on any atom is 0.335 e. The number of carboxylic acids is 1. The van der Waals surface area contributed by atoms with Gasteiger partial charge in [0.2, 0.25) is 5.13 Å². The Labute approximate surface area is 146 Å². The maximum absolute atomic E-state index is 12.2. The number of amides is 1. The van der Waals surface area contributed by atoms with E-state index in [1.54, 1.807) is 43.5 Å². The third-order valence-corrected chi connectivity index (χ3v) is 4.26.